The molecular weight excluding hydrogens is 234 g/mol. The van der Waals surface area contributed by atoms with Crippen LogP contribution in [0.15, 0.2) is 16.8 Å². The van der Waals surface area contributed by atoms with Crippen molar-refractivity contribution in [1.82, 2.24) is 4.31 Å². The Morgan fingerprint density at radius 1 is 1.53 bits per heavy atom. The molecule has 15 heavy (non-hydrogen) atoms. The van der Waals surface area contributed by atoms with Gasteiger partial charge in [-0.3, -0.25) is 0 Å². The molecule has 0 atom stereocenters. The monoisotopic (exact) mass is 249 g/mol. The van der Waals surface area contributed by atoms with Gasteiger partial charge in [0.15, 0.2) is 0 Å². The van der Waals surface area contributed by atoms with Gasteiger partial charge in [-0.05, 0) is 28.8 Å². The van der Waals surface area contributed by atoms with Crippen molar-refractivity contribution in [2.24, 2.45) is 0 Å². The van der Waals surface area contributed by atoms with Gasteiger partial charge >= 0.3 is 0 Å². The number of aliphatic hydroxyl groups excluding tert-OH is 1. The second kappa shape index (κ2) is 5.60. The van der Waals surface area contributed by atoms with E-state index in [1.807, 2.05) is 16.8 Å². The van der Waals surface area contributed by atoms with E-state index in [9.17, 15) is 8.42 Å². The van der Waals surface area contributed by atoms with E-state index in [0.717, 1.165) is 5.56 Å². The summed E-state index contributed by atoms with van der Waals surface area (Å²) in [7, 11) is -1.66. The molecule has 0 radical (unpaired) electrons. The fourth-order valence-corrected chi connectivity index (χ4v) is 2.95. The molecule has 0 bridgehead atoms. The molecule has 0 aliphatic heterocycles. The van der Waals surface area contributed by atoms with Gasteiger partial charge in [-0.1, -0.05) is 0 Å². The van der Waals surface area contributed by atoms with Crippen molar-refractivity contribution in [3.8, 4) is 0 Å². The summed E-state index contributed by atoms with van der Waals surface area (Å²) in [6.45, 7) is 0.308. The summed E-state index contributed by atoms with van der Waals surface area (Å²) in [6.07, 6.45) is 0.288. The van der Waals surface area contributed by atoms with Crippen LogP contribution in [0.4, 0.5) is 0 Å². The Labute approximate surface area is 94.2 Å². The molecule has 4 nitrogen and oxygen atoms in total. The first-order valence-corrected chi connectivity index (χ1v) is 7.17. The molecule has 0 fully saturated rings. The highest BCUT2D eigenvalue weighted by atomic mass is 32.2. The van der Waals surface area contributed by atoms with Crippen molar-refractivity contribution in [3.63, 3.8) is 0 Å². The molecule has 0 spiro atoms. The smallest absolute Gasteiger partial charge is 0.214 e. The predicted octanol–water partition coefficient (Wildman–Crippen LogP) is 0.892. The number of sulfonamides is 1. The number of hydrogen-bond acceptors (Lipinski definition) is 4. The van der Waals surface area contributed by atoms with Crippen LogP contribution < -0.4 is 0 Å². The standard InChI is InChI=1S/C9H15NO3S2/c1-10(7-9-3-5-14-8-9)15(12,13)6-2-4-11/h3,5,8,11H,2,4,6-7H2,1H3. The van der Waals surface area contributed by atoms with Gasteiger partial charge in [0.05, 0.1) is 5.75 Å². The Morgan fingerprint density at radius 2 is 2.27 bits per heavy atom. The van der Waals surface area contributed by atoms with Crippen LogP contribution >= 0.6 is 11.3 Å². The Kier molecular flexibility index (Phi) is 4.72. The van der Waals surface area contributed by atoms with Gasteiger partial charge in [0.2, 0.25) is 10.0 Å². The number of nitrogens with zero attached hydrogens (tertiary/aromatic N) is 1. The third kappa shape index (κ3) is 3.90. The van der Waals surface area contributed by atoms with E-state index in [1.54, 1.807) is 18.4 Å². The van der Waals surface area contributed by atoms with E-state index in [0.29, 0.717) is 6.54 Å². The molecular formula is C9H15NO3S2. The van der Waals surface area contributed by atoms with Gasteiger partial charge < -0.3 is 5.11 Å². The lowest BCUT2D eigenvalue weighted by Gasteiger charge is -2.15. The third-order valence-corrected chi connectivity index (χ3v) is 4.64. The van der Waals surface area contributed by atoms with Crippen molar-refractivity contribution in [3.05, 3.63) is 22.4 Å². The zero-order chi connectivity index (χ0) is 11.3. The number of hydrogen-bond donors (Lipinski definition) is 1. The summed E-state index contributed by atoms with van der Waals surface area (Å²) in [4.78, 5) is 0. The second-order valence-corrected chi connectivity index (χ2v) is 6.26. The summed E-state index contributed by atoms with van der Waals surface area (Å²) in [5.41, 5.74) is 0.995. The largest absolute Gasteiger partial charge is 0.396 e. The lowest BCUT2D eigenvalue weighted by molar-refractivity contribution is 0.294. The van der Waals surface area contributed by atoms with Gasteiger partial charge in [0.1, 0.15) is 0 Å². The van der Waals surface area contributed by atoms with Gasteiger partial charge in [-0.15, -0.1) is 0 Å². The van der Waals surface area contributed by atoms with Crippen LogP contribution in [-0.4, -0.2) is 37.2 Å². The Balaban J connectivity index is 2.56. The first-order chi connectivity index (χ1) is 7.06. The van der Waals surface area contributed by atoms with Gasteiger partial charge in [-0.2, -0.15) is 11.3 Å². The molecule has 1 aromatic rings. The molecule has 1 aromatic heterocycles. The minimum atomic E-state index is -3.22. The normalized spacial score (nSPS) is 12.2. The highest BCUT2D eigenvalue weighted by molar-refractivity contribution is 7.89. The highest BCUT2D eigenvalue weighted by Gasteiger charge is 2.17. The summed E-state index contributed by atoms with van der Waals surface area (Å²) < 4.78 is 24.6. The quantitative estimate of drug-likeness (QED) is 0.814. The van der Waals surface area contributed by atoms with Crippen LogP contribution in [-0.2, 0) is 16.6 Å². The average molecular weight is 249 g/mol. The van der Waals surface area contributed by atoms with Crippen molar-refractivity contribution >= 4 is 21.4 Å². The number of rotatable bonds is 6. The molecule has 0 amide bonds. The number of aliphatic hydroxyl groups is 1. The Hall–Kier alpha value is -0.430. The highest BCUT2D eigenvalue weighted by Crippen LogP contribution is 2.11. The van der Waals surface area contributed by atoms with E-state index in [1.165, 1.54) is 4.31 Å². The molecule has 0 aliphatic carbocycles. The Morgan fingerprint density at radius 3 is 2.80 bits per heavy atom. The van der Waals surface area contributed by atoms with Crippen LogP contribution in [0.2, 0.25) is 0 Å². The Bertz CT molecular complexity index is 372. The summed E-state index contributed by atoms with van der Waals surface area (Å²) >= 11 is 1.55. The molecule has 86 valence electrons. The molecule has 1 rings (SSSR count). The maximum absolute atomic E-state index is 11.6. The SMILES string of the molecule is CN(Cc1ccsc1)S(=O)(=O)CCCO. The maximum Gasteiger partial charge on any atom is 0.214 e. The summed E-state index contributed by atoms with van der Waals surface area (Å²) in [5.74, 6) is 0.00410. The molecule has 0 saturated carbocycles. The van der Waals surface area contributed by atoms with Crippen molar-refractivity contribution in [2.45, 2.75) is 13.0 Å². The lowest BCUT2D eigenvalue weighted by atomic mass is 10.3. The summed E-state index contributed by atoms with van der Waals surface area (Å²) in [6, 6.07) is 1.91. The summed E-state index contributed by atoms with van der Waals surface area (Å²) in [5, 5.41) is 12.4. The second-order valence-electron chi connectivity index (χ2n) is 3.28. The topological polar surface area (TPSA) is 57.6 Å². The predicted molar refractivity (Wildman–Crippen MR) is 61.3 cm³/mol. The lowest BCUT2D eigenvalue weighted by Crippen LogP contribution is -2.29. The fraction of sp³-hybridized carbons (Fsp3) is 0.556. The zero-order valence-corrected chi connectivity index (χ0v) is 10.2. The number of thiophene rings is 1. The zero-order valence-electron chi connectivity index (χ0n) is 8.59. The van der Waals surface area contributed by atoms with Crippen LogP contribution in [0.25, 0.3) is 0 Å². The van der Waals surface area contributed by atoms with Crippen LogP contribution in [0.5, 0.6) is 0 Å². The van der Waals surface area contributed by atoms with Gasteiger partial charge in [-0.25, -0.2) is 12.7 Å². The van der Waals surface area contributed by atoms with E-state index >= 15 is 0 Å². The fourth-order valence-electron chi connectivity index (χ4n) is 1.14. The van der Waals surface area contributed by atoms with Gasteiger partial charge in [0.25, 0.3) is 0 Å². The van der Waals surface area contributed by atoms with E-state index in [4.69, 9.17) is 5.11 Å². The van der Waals surface area contributed by atoms with E-state index in [2.05, 4.69) is 0 Å². The van der Waals surface area contributed by atoms with Crippen molar-refractivity contribution < 1.29 is 13.5 Å². The molecule has 6 heteroatoms. The van der Waals surface area contributed by atoms with Crippen LogP contribution in [0, 0.1) is 0 Å². The maximum atomic E-state index is 11.6. The van der Waals surface area contributed by atoms with E-state index < -0.39 is 10.0 Å². The molecule has 0 aromatic carbocycles. The van der Waals surface area contributed by atoms with E-state index in [-0.39, 0.29) is 18.8 Å². The third-order valence-electron chi connectivity index (χ3n) is 2.02. The molecule has 0 saturated heterocycles. The first-order valence-electron chi connectivity index (χ1n) is 4.62. The van der Waals surface area contributed by atoms with Crippen molar-refractivity contribution in [1.29, 1.82) is 0 Å². The minimum absolute atomic E-state index is 0.00410. The molecule has 0 unspecified atom stereocenters. The van der Waals surface area contributed by atoms with Crippen molar-refractivity contribution in [2.75, 3.05) is 19.4 Å². The van der Waals surface area contributed by atoms with Crippen LogP contribution in [0.1, 0.15) is 12.0 Å². The first kappa shape index (κ1) is 12.6. The molecule has 1 N–H and O–H groups in total. The molecule has 0 aliphatic rings. The van der Waals surface area contributed by atoms with Crippen LogP contribution in [0.3, 0.4) is 0 Å². The molecule has 1 heterocycles. The van der Waals surface area contributed by atoms with Gasteiger partial charge in [0, 0.05) is 20.2 Å². The minimum Gasteiger partial charge on any atom is -0.396 e. The average Bonchev–Trinajstić information content (AvgIpc) is 2.67.